The van der Waals surface area contributed by atoms with Crippen LogP contribution in [0.25, 0.3) is 0 Å². The zero-order chi connectivity index (χ0) is 7.56. The van der Waals surface area contributed by atoms with E-state index in [-0.39, 0.29) is 12.3 Å². The molecule has 2 N–H and O–H groups in total. The Morgan fingerprint density at radius 1 is 1.70 bits per heavy atom. The summed E-state index contributed by atoms with van der Waals surface area (Å²) in [7, 11) is 0. The van der Waals surface area contributed by atoms with E-state index in [0.717, 1.165) is 12.3 Å². The van der Waals surface area contributed by atoms with Crippen molar-refractivity contribution >= 4 is 12.0 Å². The number of carbonyl (C=O) groups is 1. The van der Waals surface area contributed by atoms with Crippen LogP contribution < -0.4 is 0 Å². The van der Waals surface area contributed by atoms with Gasteiger partial charge in [-0.05, 0) is 0 Å². The Bertz CT molecular complexity index is 207. The molecule has 10 heavy (non-hydrogen) atoms. The maximum atomic E-state index is 10.6. The number of carbonyl (C=O) groups excluding carboxylic acids is 1. The molecule has 0 spiro atoms. The number of aliphatic hydroxyl groups excluding tert-OH is 2. The fraction of sp³-hybridized carbons (Fsp3) is 0.333. The lowest BCUT2D eigenvalue weighted by Gasteiger charge is -2.06. The lowest BCUT2D eigenvalue weighted by atomic mass is 10.2. The Labute approximate surface area is 57.5 Å². The molecule has 0 saturated heterocycles. The standard InChI is InChI=1S/C6H7NO3/c8-3-4-1-5(9)6(10)2-7-4/h1-2,6,8,10H,3H2. The van der Waals surface area contributed by atoms with Gasteiger partial charge in [0.2, 0.25) is 0 Å². The van der Waals surface area contributed by atoms with Gasteiger partial charge in [0.15, 0.2) is 11.9 Å². The second-order valence-corrected chi connectivity index (χ2v) is 1.92. The number of hydrogen-bond acceptors (Lipinski definition) is 4. The highest BCUT2D eigenvalue weighted by Gasteiger charge is 2.14. The topological polar surface area (TPSA) is 69.9 Å². The summed E-state index contributed by atoms with van der Waals surface area (Å²) in [6.45, 7) is -0.269. The first kappa shape index (κ1) is 7.11. The van der Waals surface area contributed by atoms with Gasteiger partial charge < -0.3 is 10.2 Å². The number of nitrogens with zero attached hydrogens (tertiary/aromatic N) is 1. The fourth-order valence-electron chi connectivity index (χ4n) is 0.613. The number of aliphatic imine (C=N–C) groups is 1. The van der Waals surface area contributed by atoms with Crippen LogP contribution in [0.3, 0.4) is 0 Å². The molecule has 0 saturated carbocycles. The molecule has 1 aliphatic heterocycles. The largest absolute Gasteiger partial charge is 0.390 e. The molecule has 0 aliphatic carbocycles. The number of rotatable bonds is 1. The molecule has 0 fully saturated rings. The van der Waals surface area contributed by atoms with Crippen LogP contribution in [0.5, 0.6) is 0 Å². The molecule has 1 aliphatic rings. The molecule has 0 amide bonds. The van der Waals surface area contributed by atoms with Gasteiger partial charge in [-0.25, -0.2) is 0 Å². The van der Waals surface area contributed by atoms with E-state index in [0.29, 0.717) is 0 Å². The van der Waals surface area contributed by atoms with Crippen LogP contribution >= 0.6 is 0 Å². The number of aliphatic hydroxyl groups is 2. The summed E-state index contributed by atoms with van der Waals surface area (Å²) in [5.41, 5.74) is 0.287. The van der Waals surface area contributed by atoms with Crippen LogP contribution in [0, 0.1) is 0 Å². The molecule has 4 nitrogen and oxygen atoms in total. The first-order chi connectivity index (χ1) is 4.74. The fourth-order valence-corrected chi connectivity index (χ4v) is 0.613. The van der Waals surface area contributed by atoms with Crippen molar-refractivity contribution in [2.45, 2.75) is 6.10 Å². The normalized spacial score (nSPS) is 24.8. The van der Waals surface area contributed by atoms with Crippen LogP contribution in [-0.2, 0) is 4.79 Å². The van der Waals surface area contributed by atoms with Crippen molar-refractivity contribution in [3.05, 3.63) is 11.8 Å². The lowest BCUT2D eigenvalue weighted by molar-refractivity contribution is -0.119. The van der Waals surface area contributed by atoms with Crippen LogP contribution in [0.4, 0.5) is 0 Å². The van der Waals surface area contributed by atoms with Crippen molar-refractivity contribution in [3.8, 4) is 0 Å². The van der Waals surface area contributed by atoms with Crippen LogP contribution in [-0.4, -0.2) is 34.9 Å². The molecule has 1 unspecified atom stereocenters. The summed E-state index contributed by atoms with van der Waals surface area (Å²) in [6, 6.07) is 0. The Hall–Kier alpha value is -1.00. The van der Waals surface area contributed by atoms with Crippen molar-refractivity contribution < 1.29 is 15.0 Å². The molecule has 1 heterocycles. The van der Waals surface area contributed by atoms with Gasteiger partial charge in [-0.15, -0.1) is 0 Å². The summed E-state index contributed by atoms with van der Waals surface area (Å²) < 4.78 is 0. The van der Waals surface area contributed by atoms with Gasteiger partial charge in [0, 0.05) is 12.3 Å². The first-order valence-electron chi connectivity index (χ1n) is 2.81. The molecule has 0 bridgehead atoms. The van der Waals surface area contributed by atoms with Gasteiger partial charge in [0.05, 0.1) is 12.3 Å². The summed E-state index contributed by atoms with van der Waals surface area (Å²) >= 11 is 0. The van der Waals surface area contributed by atoms with E-state index >= 15 is 0 Å². The molecule has 54 valence electrons. The molecular weight excluding hydrogens is 134 g/mol. The van der Waals surface area contributed by atoms with Gasteiger partial charge in [-0.2, -0.15) is 0 Å². The number of ketones is 1. The summed E-state index contributed by atoms with van der Waals surface area (Å²) in [4.78, 5) is 14.2. The summed E-state index contributed by atoms with van der Waals surface area (Å²) in [5, 5.41) is 17.2. The van der Waals surface area contributed by atoms with E-state index in [2.05, 4.69) is 4.99 Å². The molecule has 4 heteroatoms. The third-order valence-corrected chi connectivity index (χ3v) is 1.14. The predicted molar refractivity (Wildman–Crippen MR) is 34.7 cm³/mol. The molecular formula is C6H7NO3. The predicted octanol–water partition coefficient (Wildman–Crippen LogP) is -1.12. The zero-order valence-electron chi connectivity index (χ0n) is 5.19. The van der Waals surface area contributed by atoms with Crippen molar-refractivity contribution in [1.82, 2.24) is 0 Å². The van der Waals surface area contributed by atoms with Gasteiger partial charge in [-0.3, -0.25) is 9.79 Å². The Balaban J connectivity index is 2.76. The van der Waals surface area contributed by atoms with Gasteiger partial charge in [-0.1, -0.05) is 0 Å². The van der Waals surface area contributed by atoms with E-state index in [9.17, 15) is 4.79 Å². The highest BCUT2D eigenvalue weighted by Crippen LogP contribution is 2.02. The second kappa shape index (κ2) is 2.72. The van der Waals surface area contributed by atoms with Crippen LogP contribution in [0.2, 0.25) is 0 Å². The van der Waals surface area contributed by atoms with Crippen LogP contribution in [0.1, 0.15) is 0 Å². The van der Waals surface area contributed by atoms with E-state index in [1.807, 2.05) is 0 Å². The maximum absolute atomic E-state index is 10.6. The van der Waals surface area contributed by atoms with E-state index in [4.69, 9.17) is 10.2 Å². The SMILES string of the molecule is O=C1C=C(CO)N=CC1O. The van der Waals surface area contributed by atoms with Gasteiger partial charge in [0.1, 0.15) is 0 Å². The Morgan fingerprint density at radius 2 is 2.40 bits per heavy atom. The minimum absolute atomic E-state index is 0.269. The first-order valence-corrected chi connectivity index (χ1v) is 2.81. The average molecular weight is 141 g/mol. The van der Waals surface area contributed by atoms with Gasteiger partial charge >= 0.3 is 0 Å². The molecule has 0 radical (unpaired) electrons. The maximum Gasteiger partial charge on any atom is 0.191 e. The quantitative estimate of drug-likeness (QED) is 0.485. The monoisotopic (exact) mass is 141 g/mol. The van der Waals surface area contributed by atoms with Crippen molar-refractivity contribution in [2.24, 2.45) is 4.99 Å². The summed E-state index contributed by atoms with van der Waals surface area (Å²) in [5.74, 6) is -0.431. The smallest absolute Gasteiger partial charge is 0.191 e. The minimum atomic E-state index is -1.13. The lowest BCUT2D eigenvalue weighted by Crippen LogP contribution is -2.23. The highest BCUT2D eigenvalue weighted by molar-refractivity contribution is 6.06. The average Bonchev–Trinajstić information content (AvgIpc) is 1.95. The molecule has 1 rings (SSSR count). The van der Waals surface area contributed by atoms with Gasteiger partial charge in [0.25, 0.3) is 0 Å². The highest BCUT2D eigenvalue weighted by atomic mass is 16.3. The van der Waals surface area contributed by atoms with E-state index in [1.165, 1.54) is 0 Å². The van der Waals surface area contributed by atoms with E-state index < -0.39 is 11.9 Å². The molecule has 1 atom stereocenters. The zero-order valence-corrected chi connectivity index (χ0v) is 5.19. The molecule has 0 aromatic carbocycles. The van der Waals surface area contributed by atoms with Crippen molar-refractivity contribution in [1.29, 1.82) is 0 Å². The third kappa shape index (κ3) is 1.29. The third-order valence-electron chi connectivity index (χ3n) is 1.14. The minimum Gasteiger partial charge on any atom is -0.390 e. The molecule has 0 aromatic heterocycles. The van der Waals surface area contributed by atoms with Crippen molar-refractivity contribution in [3.63, 3.8) is 0 Å². The Morgan fingerprint density at radius 3 is 2.90 bits per heavy atom. The Kier molecular flexibility index (Phi) is 1.94. The second-order valence-electron chi connectivity index (χ2n) is 1.92. The number of hydrogen-bond donors (Lipinski definition) is 2. The molecule has 0 aromatic rings. The summed E-state index contributed by atoms with van der Waals surface area (Å²) in [6.07, 6.45) is 1.11. The van der Waals surface area contributed by atoms with Crippen molar-refractivity contribution in [2.75, 3.05) is 6.61 Å². The van der Waals surface area contributed by atoms with E-state index in [1.54, 1.807) is 0 Å². The van der Waals surface area contributed by atoms with Crippen LogP contribution in [0.15, 0.2) is 16.8 Å².